The van der Waals surface area contributed by atoms with Crippen LogP contribution in [0.2, 0.25) is 0 Å². The number of amides is 5. The molecule has 0 aliphatic rings. The van der Waals surface area contributed by atoms with Crippen LogP contribution in [0.3, 0.4) is 0 Å². The van der Waals surface area contributed by atoms with Crippen LogP contribution in [-0.4, -0.2) is 151 Å². The van der Waals surface area contributed by atoms with Gasteiger partial charge in [-0.25, -0.2) is 33.4 Å². The van der Waals surface area contributed by atoms with Crippen LogP contribution in [0.25, 0.3) is 39.8 Å². The van der Waals surface area contributed by atoms with E-state index < -0.39 is 47.8 Å². The van der Waals surface area contributed by atoms with Gasteiger partial charge in [0.2, 0.25) is 5.76 Å². The highest BCUT2D eigenvalue weighted by molar-refractivity contribution is 6.99. The molecule has 0 saturated heterocycles. The fraction of sp³-hybridized carbons (Fsp3) is 0.152. The van der Waals surface area contributed by atoms with Crippen LogP contribution < -0.4 is 26.6 Å². The van der Waals surface area contributed by atoms with E-state index in [1.54, 1.807) is 79.5 Å². The standard InChI is InChI=1S/C27H25N3O2.C20H17FN2O3.C20H20N4O2.C19H18N4O2.C18H15N3O2S.CH2O/c1-20-15-26(27(32)28-24(19-31)17-22-11-6-3-7-12-22)30(29-20)25-14-8-13-23(18-25)16-21-9-4-2-5-10-21;1-13-22-18(16-9-5-6-10-17(16)21)19(26-13)20(25)23-15(12-24)11-14-7-3-2-4-8-14;1-14-8-9-19(21-12-14)24-18(10-15(2)23-24)20(26)22-17(13-25)11-16-6-4-3-5-7-16;1-14-11-17(23(22-14)18-9-5-6-10-20-18)19(25)21-16(13-24)12-15-7-3-2-4-8-15;22-12-15(11-13-7-3-1-4-8-13)19-18(23)17-16(20-24-21-17)14-9-5-2-6-10-14;1-2/h2-15,18-19,24H,16-17H2,1H3,(H,28,32);2-10,12,15H,11H2,1H3,(H,23,25);3-10,12-13,17H,11H2,1-2H3,(H,22,26);2-11,13,16H,12H2,1H3,(H,21,25);1-10,12,15H,11H2,(H,19,23);1H2. The summed E-state index contributed by atoms with van der Waals surface area (Å²) in [7, 11) is 0. The number of carbonyl (C=O) groups excluding carboxylic acids is 11. The minimum absolute atomic E-state index is 0.113. The number of hydrogen-bond donors (Lipinski definition) is 5. The maximum atomic E-state index is 14.1. The van der Waals surface area contributed by atoms with Gasteiger partial charge in [0, 0.05) is 30.4 Å². The Labute approximate surface area is 782 Å². The molecular formula is C105H97FN16O12S. The molecule has 0 aliphatic heterocycles. The molecule has 5 amide bonds. The van der Waals surface area contributed by atoms with Gasteiger partial charge in [-0.3, -0.25) is 24.0 Å². The molecule has 0 bridgehead atoms. The zero-order valence-corrected chi connectivity index (χ0v) is 75.2. The molecule has 16 aromatic rings. The molecule has 7 heterocycles. The third-order valence-electron chi connectivity index (χ3n) is 20.3. The first-order valence-electron chi connectivity index (χ1n) is 42.8. The number of pyridine rings is 2. The highest BCUT2D eigenvalue weighted by Gasteiger charge is 2.28. The first-order valence-corrected chi connectivity index (χ1v) is 43.5. The molecule has 5 N–H and O–H groups in total. The maximum Gasteiger partial charge on any atom is 0.289 e. The van der Waals surface area contributed by atoms with Crippen LogP contribution in [-0.2, 0) is 67.3 Å². The van der Waals surface area contributed by atoms with E-state index >= 15 is 0 Å². The predicted octanol–water partition coefficient (Wildman–Crippen LogP) is 14.7. The van der Waals surface area contributed by atoms with E-state index in [2.05, 4.69) is 83.8 Å². The summed E-state index contributed by atoms with van der Waals surface area (Å²) in [5, 5.41) is 26.9. The minimum atomic E-state index is -0.733. The largest absolute Gasteiger partial charge is 0.435 e. The second-order valence-corrected chi connectivity index (χ2v) is 31.2. The summed E-state index contributed by atoms with van der Waals surface area (Å²) in [5.41, 5.74) is 14.1. The molecule has 135 heavy (non-hydrogen) atoms. The normalized spacial score (nSPS) is 11.6. The molecule has 30 heteroatoms. The van der Waals surface area contributed by atoms with Crippen molar-refractivity contribution < 1.29 is 61.5 Å². The smallest absolute Gasteiger partial charge is 0.289 e. The lowest BCUT2D eigenvalue weighted by Gasteiger charge is -2.14. The van der Waals surface area contributed by atoms with Gasteiger partial charge in [0.25, 0.3) is 29.5 Å². The number of hydrogen-bond acceptors (Lipinski definition) is 21. The van der Waals surface area contributed by atoms with E-state index in [1.807, 2.05) is 258 Å². The lowest BCUT2D eigenvalue weighted by Crippen LogP contribution is -2.38. The fourth-order valence-electron chi connectivity index (χ4n) is 14.0. The minimum Gasteiger partial charge on any atom is -0.435 e. The average molecular weight is 1830 g/mol. The van der Waals surface area contributed by atoms with Gasteiger partial charge in [-0.05, 0) is 171 Å². The Balaban J connectivity index is 0.000000162. The first-order chi connectivity index (χ1) is 65.7. The predicted molar refractivity (Wildman–Crippen MR) is 511 cm³/mol. The van der Waals surface area contributed by atoms with Crippen molar-refractivity contribution in [2.24, 2.45) is 0 Å². The third-order valence-corrected chi connectivity index (χ3v) is 20.8. The molecule has 0 radical (unpaired) electrons. The Bertz CT molecular complexity index is 6550. The van der Waals surface area contributed by atoms with E-state index in [0.717, 1.165) is 99.2 Å². The van der Waals surface area contributed by atoms with Crippen LogP contribution >= 0.6 is 11.7 Å². The quantitative estimate of drug-likeness (QED) is 0.0244. The summed E-state index contributed by atoms with van der Waals surface area (Å²) in [4.78, 5) is 141. The highest BCUT2D eigenvalue weighted by atomic mass is 32.1. The van der Waals surface area contributed by atoms with E-state index in [0.29, 0.717) is 84.2 Å². The number of rotatable bonds is 32. The van der Waals surface area contributed by atoms with E-state index in [9.17, 15) is 52.3 Å². The van der Waals surface area contributed by atoms with Gasteiger partial charge in [0.1, 0.15) is 72.5 Å². The number of carbonyl (C=O) groups is 11. The number of aryl methyl sites for hydroxylation is 5. The van der Waals surface area contributed by atoms with Crippen LogP contribution in [0.1, 0.15) is 120 Å². The summed E-state index contributed by atoms with van der Waals surface area (Å²) in [5.74, 6) is -1.34. The number of benzene rings is 9. The maximum absolute atomic E-state index is 14.1. The van der Waals surface area contributed by atoms with E-state index in [1.165, 1.54) is 27.1 Å². The Morgan fingerprint density at radius 1 is 0.378 bits per heavy atom. The summed E-state index contributed by atoms with van der Waals surface area (Å²) < 4.78 is 32.4. The third kappa shape index (κ3) is 29.2. The van der Waals surface area contributed by atoms with Gasteiger partial charge < -0.3 is 59.8 Å². The molecule has 5 unspecified atom stereocenters. The summed E-state index contributed by atoms with van der Waals surface area (Å²) in [6.07, 6.45) is 9.93. The van der Waals surface area contributed by atoms with Crippen LogP contribution in [0.15, 0.2) is 326 Å². The molecule has 0 spiro atoms. The molecule has 682 valence electrons. The number of oxazole rings is 1. The average Bonchev–Trinajstić information content (AvgIpc) is 1.59. The zero-order chi connectivity index (χ0) is 95.8. The molecule has 0 aliphatic carbocycles. The molecule has 5 atom stereocenters. The van der Waals surface area contributed by atoms with Crippen molar-refractivity contribution in [2.75, 3.05) is 0 Å². The molecule has 9 aromatic carbocycles. The second kappa shape index (κ2) is 50.8. The van der Waals surface area contributed by atoms with Gasteiger partial charge in [-0.15, -0.1) is 0 Å². The van der Waals surface area contributed by atoms with E-state index in [4.69, 9.17) is 9.21 Å². The Morgan fingerprint density at radius 3 is 1.16 bits per heavy atom. The lowest BCUT2D eigenvalue weighted by molar-refractivity contribution is -0.110. The Hall–Kier alpha value is -17.0. The topological polar surface area (TPSA) is 379 Å². The highest BCUT2D eigenvalue weighted by Crippen LogP contribution is 2.28. The molecular weight excluding hydrogens is 1730 g/mol. The van der Waals surface area contributed by atoms with Crippen LogP contribution in [0, 0.1) is 40.4 Å². The SMILES string of the molecule is C=O.Cc1cc(C(=O)NC(C=O)Cc2ccccc2)n(-c2cccc(Cc3ccccc3)c2)n1.Cc1cc(C(=O)NC(C=O)Cc2ccccc2)n(-c2ccccn2)n1.Cc1ccc(-n2nc(C)cc2C(=O)NC(C=O)Cc2ccccc2)nc1.Cc1nc(-c2ccccc2F)c(C(=O)NC(C=O)Cc2ccccc2)o1.O=CC(Cc1ccccc1)NC(=O)c1nsnc1-c1ccccc1. The number of halogens is 1. The van der Waals surface area contributed by atoms with E-state index in [-0.39, 0.29) is 46.3 Å². The number of aromatic nitrogens is 11. The van der Waals surface area contributed by atoms with Crippen molar-refractivity contribution >= 4 is 79.5 Å². The van der Waals surface area contributed by atoms with Gasteiger partial charge in [0.05, 0.1) is 64.7 Å². The molecule has 7 aromatic heterocycles. The number of nitrogens with one attached hydrogen (secondary N) is 5. The first kappa shape index (κ1) is 98.6. The monoisotopic (exact) mass is 1820 g/mol. The van der Waals surface area contributed by atoms with Crippen molar-refractivity contribution in [1.82, 2.24) is 79.6 Å². The van der Waals surface area contributed by atoms with Crippen molar-refractivity contribution in [3.8, 4) is 39.8 Å². The molecule has 0 fully saturated rings. The van der Waals surface area contributed by atoms with Crippen molar-refractivity contribution in [1.29, 1.82) is 0 Å². The van der Waals surface area contributed by atoms with Crippen molar-refractivity contribution in [2.45, 2.75) is 103 Å². The van der Waals surface area contributed by atoms with Gasteiger partial charge in [-0.1, -0.05) is 249 Å². The molecule has 28 nitrogen and oxygen atoms in total. The number of nitrogens with zero attached hydrogens (tertiary/aromatic N) is 11. The van der Waals surface area contributed by atoms with Crippen LogP contribution in [0.5, 0.6) is 0 Å². The van der Waals surface area contributed by atoms with Gasteiger partial charge in [0.15, 0.2) is 23.2 Å². The summed E-state index contributed by atoms with van der Waals surface area (Å²) in [6.45, 7) is 11.0. The Kier molecular flexibility index (Phi) is 37.1. The van der Waals surface area contributed by atoms with Gasteiger partial charge >= 0.3 is 0 Å². The second-order valence-electron chi connectivity index (χ2n) is 30.7. The summed E-state index contributed by atoms with van der Waals surface area (Å²) >= 11 is 0.979. The van der Waals surface area contributed by atoms with Crippen molar-refractivity contribution in [3.63, 3.8) is 0 Å². The number of aldehydes is 5. The van der Waals surface area contributed by atoms with Gasteiger partial charge in [-0.2, -0.15) is 24.0 Å². The lowest BCUT2D eigenvalue weighted by atomic mass is 10.0. The Morgan fingerprint density at radius 2 is 0.748 bits per heavy atom. The van der Waals surface area contributed by atoms with Crippen molar-refractivity contribution in [3.05, 3.63) is 424 Å². The molecule has 16 rings (SSSR count). The summed E-state index contributed by atoms with van der Waals surface area (Å²) in [6, 6.07) is 92.3. The fourth-order valence-corrected chi connectivity index (χ4v) is 14.5. The molecule has 0 saturated carbocycles. The zero-order valence-electron chi connectivity index (χ0n) is 74.4. The van der Waals surface area contributed by atoms with Crippen LogP contribution in [0.4, 0.5) is 4.39 Å².